The molecule has 0 aromatic carbocycles. The molecule has 1 unspecified atom stereocenters. The lowest BCUT2D eigenvalue weighted by atomic mass is 10.2. The van der Waals surface area contributed by atoms with E-state index in [-0.39, 0.29) is 11.8 Å². The van der Waals surface area contributed by atoms with Gasteiger partial charge < -0.3 is 9.73 Å². The van der Waals surface area contributed by atoms with Crippen molar-refractivity contribution in [2.45, 2.75) is 22.0 Å². The van der Waals surface area contributed by atoms with Crippen LogP contribution in [0, 0.1) is 0 Å². The second-order valence-corrected chi connectivity index (χ2v) is 9.74. The second-order valence-electron chi connectivity index (χ2n) is 4.86. The summed E-state index contributed by atoms with van der Waals surface area (Å²) in [4.78, 5) is 0. The van der Waals surface area contributed by atoms with Gasteiger partial charge in [0.05, 0.1) is 18.1 Å². The van der Waals surface area contributed by atoms with Gasteiger partial charge in [0.1, 0.15) is 9.97 Å². The molecular weight excluding hydrogens is 330 g/mol. The number of rotatable bonds is 5. The molecule has 3 rings (SSSR count). The zero-order valence-electron chi connectivity index (χ0n) is 11.1. The van der Waals surface area contributed by atoms with Crippen LogP contribution in [0.1, 0.15) is 5.76 Å². The fourth-order valence-electron chi connectivity index (χ4n) is 2.39. The molecule has 1 N–H and O–H groups in total. The molecule has 5 nitrogen and oxygen atoms in total. The molecule has 3 heterocycles. The Bertz CT molecular complexity index is 707. The van der Waals surface area contributed by atoms with Gasteiger partial charge >= 0.3 is 0 Å². The summed E-state index contributed by atoms with van der Waals surface area (Å²) >= 11 is 1.20. The highest BCUT2D eigenvalue weighted by Crippen LogP contribution is 2.27. The van der Waals surface area contributed by atoms with Crippen molar-refractivity contribution >= 4 is 32.0 Å². The predicted octanol–water partition coefficient (Wildman–Crippen LogP) is 1.40. The average Bonchev–Trinajstić information content (AvgIpc) is 3.18. The normalized spacial score (nSPS) is 26.2. The van der Waals surface area contributed by atoms with Crippen LogP contribution < -0.4 is 5.32 Å². The summed E-state index contributed by atoms with van der Waals surface area (Å²) in [5.74, 6) is 1.28. The Morgan fingerprint density at radius 1 is 1.33 bits per heavy atom. The van der Waals surface area contributed by atoms with E-state index in [1.807, 2.05) is 6.07 Å². The molecule has 3 atom stereocenters. The van der Waals surface area contributed by atoms with Crippen molar-refractivity contribution in [3.63, 3.8) is 0 Å². The van der Waals surface area contributed by atoms with Crippen molar-refractivity contribution in [1.82, 2.24) is 5.32 Å². The SMILES string of the molecule is O=S1C[C@H](NCc2ccco2)[C@@H](S(=O)(=O)c2cccs2)C1. The van der Waals surface area contributed by atoms with Crippen LogP contribution >= 0.6 is 11.3 Å². The number of hydrogen-bond acceptors (Lipinski definition) is 6. The Balaban J connectivity index is 1.78. The van der Waals surface area contributed by atoms with E-state index in [1.165, 1.54) is 11.3 Å². The van der Waals surface area contributed by atoms with Crippen LogP contribution in [0.5, 0.6) is 0 Å². The number of sulfone groups is 1. The van der Waals surface area contributed by atoms with Crippen molar-refractivity contribution in [2.75, 3.05) is 11.5 Å². The summed E-state index contributed by atoms with van der Waals surface area (Å²) < 4.78 is 42.7. The average molecular weight is 345 g/mol. The maximum atomic E-state index is 12.6. The van der Waals surface area contributed by atoms with Crippen molar-refractivity contribution in [3.05, 3.63) is 41.7 Å². The van der Waals surface area contributed by atoms with Crippen LogP contribution in [0.2, 0.25) is 0 Å². The third-order valence-corrected chi connectivity index (χ3v) is 8.77. The first-order valence-corrected chi connectivity index (χ1v) is 10.4. The number of hydrogen-bond donors (Lipinski definition) is 1. The topological polar surface area (TPSA) is 76.4 Å². The van der Waals surface area contributed by atoms with Gasteiger partial charge in [0.25, 0.3) is 0 Å². The predicted molar refractivity (Wildman–Crippen MR) is 82.5 cm³/mol. The molecule has 1 saturated heterocycles. The van der Waals surface area contributed by atoms with Gasteiger partial charge in [-0.15, -0.1) is 11.3 Å². The van der Waals surface area contributed by atoms with E-state index in [0.717, 1.165) is 5.76 Å². The Labute approximate surface area is 129 Å². The van der Waals surface area contributed by atoms with Crippen molar-refractivity contribution in [1.29, 1.82) is 0 Å². The molecule has 0 aliphatic carbocycles. The molecule has 0 spiro atoms. The highest BCUT2D eigenvalue weighted by atomic mass is 32.2. The van der Waals surface area contributed by atoms with Gasteiger partial charge in [0, 0.05) is 28.3 Å². The highest BCUT2D eigenvalue weighted by molar-refractivity contribution is 7.96. The number of nitrogens with one attached hydrogen (secondary N) is 1. The Morgan fingerprint density at radius 3 is 2.86 bits per heavy atom. The van der Waals surface area contributed by atoms with Crippen LogP contribution in [0.15, 0.2) is 44.5 Å². The largest absolute Gasteiger partial charge is 0.468 e. The lowest BCUT2D eigenvalue weighted by Gasteiger charge is -2.19. The molecule has 114 valence electrons. The summed E-state index contributed by atoms with van der Waals surface area (Å²) in [5, 5.41) is 4.27. The van der Waals surface area contributed by atoms with Gasteiger partial charge in [-0.3, -0.25) is 4.21 Å². The first-order valence-electron chi connectivity index (χ1n) is 6.45. The summed E-state index contributed by atoms with van der Waals surface area (Å²) in [6.45, 7) is 0.436. The van der Waals surface area contributed by atoms with Crippen LogP contribution in [0.4, 0.5) is 0 Å². The molecule has 1 aliphatic heterocycles. The molecule has 1 aliphatic rings. The fraction of sp³-hybridized carbons (Fsp3) is 0.385. The van der Waals surface area contributed by atoms with E-state index in [2.05, 4.69) is 5.32 Å². The van der Waals surface area contributed by atoms with Crippen molar-refractivity contribution < 1.29 is 17.0 Å². The van der Waals surface area contributed by atoms with E-state index < -0.39 is 25.9 Å². The zero-order valence-corrected chi connectivity index (χ0v) is 13.5. The minimum absolute atomic E-state index is 0.191. The molecule has 8 heteroatoms. The summed E-state index contributed by atoms with van der Waals surface area (Å²) in [5.41, 5.74) is 0. The number of furan rings is 1. The molecule has 0 amide bonds. The zero-order chi connectivity index (χ0) is 14.9. The van der Waals surface area contributed by atoms with Gasteiger partial charge in [-0.2, -0.15) is 0 Å². The Hall–Kier alpha value is -0.960. The maximum absolute atomic E-state index is 12.6. The van der Waals surface area contributed by atoms with E-state index in [0.29, 0.717) is 16.5 Å². The highest BCUT2D eigenvalue weighted by Gasteiger charge is 2.42. The van der Waals surface area contributed by atoms with Crippen molar-refractivity contribution in [2.24, 2.45) is 0 Å². The lowest BCUT2D eigenvalue weighted by Crippen LogP contribution is -2.42. The monoisotopic (exact) mass is 345 g/mol. The summed E-state index contributed by atoms with van der Waals surface area (Å²) in [7, 11) is -4.54. The van der Waals surface area contributed by atoms with E-state index in [9.17, 15) is 12.6 Å². The van der Waals surface area contributed by atoms with Crippen LogP contribution in [0.25, 0.3) is 0 Å². The molecule has 0 saturated carbocycles. The third kappa shape index (κ3) is 3.13. The first kappa shape index (κ1) is 15.0. The molecule has 21 heavy (non-hydrogen) atoms. The van der Waals surface area contributed by atoms with Gasteiger partial charge in [-0.1, -0.05) is 6.07 Å². The standard InChI is InChI=1S/C13H15NO4S3/c15-20-8-11(14-7-10-3-1-5-18-10)12(9-20)21(16,17)13-4-2-6-19-13/h1-6,11-12,14H,7-9H2/t11-,12-,20?/m0/s1. The van der Waals surface area contributed by atoms with Crippen LogP contribution in [-0.4, -0.2) is 35.4 Å². The molecular formula is C13H15NO4S3. The molecule has 0 bridgehead atoms. The quantitative estimate of drug-likeness (QED) is 0.886. The van der Waals surface area contributed by atoms with E-state index >= 15 is 0 Å². The van der Waals surface area contributed by atoms with E-state index in [4.69, 9.17) is 4.42 Å². The molecule has 2 aromatic rings. The first-order chi connectivity index (χ1) is 10.1. The Morgan fingerprint density at radius 2 is 2.19 bits per heavy atom. The number of thiophene rings is 1. The van der Waals surface area contributed by atoms with Crippen LogP contribution in [0.3, 0.4) is 0 Å². The lowest BCUT2D eigenvalue weighted by molar-refractivity contribution is 0.454. The molecule has 1 fully saturated rings. The molecule has 0 radical (unpaired) electrons. The second kappa shape index (κ2) is 6.04. The third-order valence-electron chi connectivity index (χ3n) is 3.46. The smallest absolute Gasteiger partial charge is 0.193 e. The van der Waals surface area contributed by atoms with E-state index in [1.54, 1.807) is 29.8 Å². The maximum Gasteiger partial charge on any atom is 0.193 e. The van der Waals surface area contributed by atoms with Gasteiger partial charge in [-0.05, 0) is 23.6 Å². The Kier molecular flexibility index (Phi) is 4.30. The summed E-state index contributed by atoms with van der Waals surface area (Å²) in [6.07, 6.45) is 1.57. The molecule has 2 aromatic heterocycles. The van der Waals surface area contributed by atoms with Gasteiger partial charge in [0.15, 0.2) is 9.84 Å². The fourth-order valence-corrected chi connectivity index (χ4v) is 7.88. The van der Waals surface area contributed by atoms with Gasteiger partial charge in [0.2, 0.25) is 0 Å². The van der Waals surface area contributed by atoms with Crippen LogP contribution in [-0.2, 0) is 27.2 Å². The van der Waals surface area contributed by atoms with Crippen molar-refractivity contribution in [3.8, 4) is 0 Å². The van der Waals surface area contributed by atoms with Gasteiger partial charge in [-0.25, -0.2) is 8.42 Å². The minimum Gasteiger partial charge on any atom is -0.468 e. The summed E-state index contributed by atoms with van der Waals surface area (Å²) in [6, 6.07) is 6.60. The minimum atomic E-state index is -3.44.